The molecule has 0 fully saturated rings. The van der Waals surface area contributed by atoms with E-state index in [-0.39, 0.29) is 24.3 Å². The quantitative estimate of drug-likeness (QED) is 0.367. The van der Waals surface area contributed by atoms with Crippen LogP contribution in [0.15, 0.2) is 91.0 Å². The van der Waals surface area contributed by atoms with E-state index in [4.69, 9.17) is 4.74 Å². The van der Waals surface area contributed by atoms with Gasteiger partial charge in [-0.05, 0) is 51.3 Å². The number of nitrogens with zero attached hydrogens (tertiary/aromatic N) is 1. The lowest BCUT2D eigenvalue weighted by atomic mass is 9.99. The van der Waals surface area contributed by atoms with E-state index in [2.05, 4.69) is 10.6 Å². The number of hydrogen-bond donors (Lipinski definition) is 2. The smallest absolute Gasteiger partial charge is 0.408 e. The predicted molar refractivity (Wildman–Crippen MR) is 153 cm³/mol. The van der Waals surface area contributed by atoms with Crippen molar-refractivity contribution in [1.82, 2.24) is 15.5 Å². The molecule has 0 heterocycles. The summed E-state index contributed by atoms with van der Waals surface area (Å²) in [6.07, 6.45) is -0.444. The fourth-order valence-electron chi connectivity index (χ4n) is 4.31. The molecule has 7 nitrogen and oxygen atoms in total. The third-order valence-electron chi connectivity index (χ3n) is 6.03. The Kier molecular flexibility index (Phi) is 10.3. The van der Waals surface area contributed by atoms with Gasteiger partial charge in [0.25, 0.3) is 0 Å². The van der Waals surface area contributed by atoms with Crippen molar-refractivity contribution in [2.45, 2.75) is 71.3 Å². The van der Waals surface area contributed by atoms with Crippen molar-refractivity contribution in [1.29, 1.82) is 0 Å². The molecule has 206 valence electrons. The van der Waals surface area contributed by atoms with Gasteiger partial charge in [0.15, 0.2) is 0 Å². The summed E-state index contributed by atoms with van der Waals surface area (Å²) in [4.78, 5) is 42.4. The van der Waals surface area contributed by atoms with Gasteiger partial charge in [0.1, 0.15) is 17.7 Å². The fourth-order valence-corrected chi connectivity index (χ4v) is 4.31. The summed E-state index contributed by atoms with van der Waals surface area (Å²) >= 11 is 0. The first-order valence-corrected chi connectivity index (χ1v) is 13.3. The van der Waals surface area contributed by atoms with E-state index in [9.17, 15) is 14.4 Å². The van der Waals surface area contributed by atoms with Crippen LogP contribution in [0.5, 0.6) is 0 Å². The molecular formula is C32H39N3O4. The van der Waals surface area contributed by atoms with E-state index < -0.39 is 23.8 Å². The topological polar surface area (TPSA) is 87.7 Å². The van der Waals surface area contributed by atoms with Gasteiger partial charge in [-0.15, -0.1) is 0 Å². The molecule has 0 aliphatic carbocycles. The summed E-state index contributed by atoms with van der Waals surface area (Å²) in [5, 5.41) is 5.78. The molecule has 7 heteroatoms. The third-order valence-corrected chi connectivity index (χ3v) is 6.03. The number of carbonyl (C=O) groups is 3. The third kappa shape index (κ3) is 8.99. The first kappa shape index (κ1) is 29.4. The standard InChI is InChI=1S/C32H39N3O4/c1-23(2)35(28(26-19-13-8-14-20-26)29(36)33-22-25-17-11-7-12-18-25)30(37)27(21-24-15-9-6-10-16-24)34-31(38)39-32(3,4)5/h6-20,23,27-28H,21-22H2,1-5H3,(H,33,36)(H,34,38). The summed E-state index contributed by atoms with van der Waals surface area (Å²) < 4.78 is 5.48. The first-order valence-electron chi connectivity index (χ1n) is 13.3. The van der Waals surface area contributed by atoms with Gasteiger partial charge in [-0.2, -0.15) is 0 Å². The molecule has 0 bridgehead atoms. The molecule has 3 amide bonds. The number of rotatable bonds is 10. The van der Waals surface area contributed by atoms with Crippen molar-refractivity contribution >= 4 is 17.9 Å². The van der Waals surface area contributed by atoms with Crippen molar-refractivity contribution < 1.29 is 19.1 Å². The molecule has 0 saturated carbocycles. The zero-order chi connectivity index (χ0) is 28.4. The zero-order valence-corrected chi connectivity index (χ0v) is 23.4. The lowest BCUT2D eigenvalue weighted by Gasteiger charge is -2.37. The molecular weight excluding hydrogens is 490 g/mol. The zero-order valence-electron chi connectivity index (χ0n) is 23.4. The largest absolute Gasteiger partial charge is 0.444 e. The highest BCUT2D eigenvalue weighted by atomic mass is 16.6. The van der Waals surface area contributed by atoms with Crippen molar-refractivity contribution in [2.75, 3.05) is 0 Å². The normalized spacial score (nSPS) is 12.8. The second-order valence-corrected chi connectivity index (χ2v) is 10.7. The van der Waals surface area contributed by atoms with Crippen LogP contribution in [-0.4, -0.2) is 40.5 Å². The van der Waals surface area contributed by atoms with Gasteiger partial charge in [0.05, 0.1) is 0 Å². The maximum atomic E-state index is 14.3. The van der Waals surface area contributed by atoms with Crippen LogP contribution in [0.25, 0.3) is 0 Å². The van der Waals surface area contributed by atoms with Gasteiger partial charge < -0.3 is 20.3 Å². The number of nitrogens with one attached hydrogen (secondary N) is 2. The van der Waals surface area contributed by atoms with Crippen molar-refractivity contribution in [2.24, 2.45) is 0 Å². The Morgan fingerprint density at radius 1 is 0.795 bits per heavy atom. The van der Waals surface area contributed by atoms with E-state index in [0.717, 1.165) is 11.1 Å². The van der Waals surface area contributed by atoms with Gasteiger partial charge in [0, 0.05) is 19.0 Å². The summed E-state index contributed by atoms with van der Waals surface area (Å²) in [5.74, 6) is -0.675. The molecule has 0 spiro atoms. The predicted octanol–water partition coefficient (Wildman–Crippen LogP) is 5.42. The molecule has 0 saturated heterocycles. The average Bonchev–Trinajstić information content (AvgIpc) is 2.90. The lowest BCUT2D eigenvalue weighted by molar-refractivity contribution is -0.144. The Balaban J connectivity index is 1.96. The molecule has 0 radical (unpaired) electrons. The summed E-state index contributed by atoms with van der Waals surface area (Å²) in [5.41, 5.74) is 1.78. The second-order valence-electron chi connectivity index (χ2n) is 10.7. The van der Waals surface area contributed by atoms with E-state index in [1.165, 1.54) is 0 Å². The molecule has 2 N–H and O–H groups in total. The van der Waals surface area contributed by atoms with Gasteiger partial charge >= 0.3 is 6.09 Å². The summed E-state index contributed by atoms with van der Waals surface area (Å²) in [6.45, 7) is 9.36. The lowest BCUT2D eigenvalue weighted by Crippen LogP contribution is -2.55. The molecule has 0 aliphatic rings. The maximum absolute atomic E-state index is 14.3. The molecule has 0 aromatic heterocycles. The highest BCUT2D eigenvalue weighted by Gasteiger charge is 2.37. The van der Waals surface area contributed by atoms with E-state index in [1.54, 1.807) is 25.7 Å². The molecule has 0 aliphatic heterocycles. The van der Waals surface area contributed by atoms with Crippen LogP contribution in [0, 0.1) is 0 Å². The van der Waals surface area contributed by atoms with Crippen LogP contribution in [0.4, 0.5) is 4.79 Å². The maximum Gasteiger partial charge on any atom is 0.408 e. The van der Waals surface area contributed by atoms with Crippen LogP contribution < -0.4 is 10.6 Å². The van der Waals surface area contributed by atoms with Crippen LogP contribution in [0.1, 0.15) is 57.4 Å². The van der Waals surface area contributed by atoms with E-state index in [0.29, 0.717) is 12.1 Å². The Hall–Kier alpha value is -4.13. The van der Waals surface area contributed by atoms with Crippen LogP contribution in [-0.2, 0) is 27.3 Å². The minimum atomic E-state index is -0.946. The number of benzene rings is 3. The SMILES string of the molecule is CC(C)N(C(=O)C(Cc1ccccc1)NC(=O)OC(C)(C)C)C(C(=O)NCc1ccccc1)c1ccccc1. The van der Waals surface area contributed by atoms with E-state index in [1.807, 2.05) is 105 Å². The van der Waals surface area contributed by atoms with E-state index >= 15 is 0 Å². The minimum Gasteiger partial charge on any atom is -0.444 e. The number of alkyl carbamates (subject to hydrolysis) is 1. The Morgan fingerprint density at radius 3 is 1.82 bits per heavy atom. The molecule has 3 aromatic carbocycles. The van der Waals surface area contributed by atoms with Crippen LogP contribution in [0.3, 0.4) is 0 Å². The second kappa shape index (κ2) is 13.6. The van der Waals surface area contributed by atoms with Gasteiger partial charge in [-0.1, -0.05) is 91.0 Å². The van der Waals surface area contributed by atoms with Crippen LogP contribution >= 0.6 is 0 Å². The van der Waals surface area contributed by atoms with Gasteiger partial charge in [0.2, 0.25) is 11.8 Å². The molecule has 3 aromatic rings. The number of carbonyl (C=O) groups excluding carboxylic acids is 3. The van der Waals surface area contributed by atoms with Crippen molar-refractivity contribution in [3.8, 4) is 0 Å². The summed E-state index contributed by atoms with van der Waals surface area (Å²) in [7, 11) is 0. The molecule has 39 heavy (non-hydrogen) atoms. The Labute approximate surface area is 231 Å². The monoisotopic (exact) mass is 529 g/mol. The highest BCUT2D eigenvalue weighted by Crippen LogP contribution is 2.26. The number of amides is 3. The average molecular weight is 530 g/mol. The van der Waals surface area contributed by atoms with Crippen LogP contribution in [0.2, 0.25) is 0 Å². The highest BCUT2D eigenvalue weighted by molar-refractivity contribution is 5.92. The van der Waals surface area contributed by atoms with Crippen molar-refractivity contribution in [3.05, 3.63) is 108 Å². The first-order chi connectivity index (χ1) is 18.5. The fraction of sp³-hybridized carbons (Fsp3) is 0.344. The molecule has 2 unspecified atom stereocenters. The molecule has 2 atom stereocenters. The Bertz CT molecular complexity index is 1210. The van der Waals surface area contributed by atoms with Gasteiger partial charge in [-0.25, -0.2) is 4.79 Å². The number of hydrogen-bond acceptors (Lipinski definition) is 4. The number of ether oxygens (including phenoxy) is 1. The minimum absolute atomic E-state index is 0.245. The van der Waals surface area contributed by atoms with Gasteiger partial charge in [-0.3, -0.25) is 9.59 Å². The molecule has 3 rings (SSSR count). The van der Waals surface area contributed by atoms with Crippen molar-refractivity contribution in [3.63, 3.8) is 0 Å². The Morgan fingerprint density at radius 2 is 1.31 bits per heavy atom. The summed E-state index contributed by atoms with van der Waals surface area (Å²) in [6, 6.07) is 26.1.